The summed E-state index contributed by atoms with van der Waals surface area (Å²) in [6.07, 6.45) is 6.85. The van der Waals surface area contributed by atoms with E-state index >= 15 is 0 Å². The molecule has 0 aliphatic carbocycles. The van der Waals surface area contributed by atoms with Crippen LogP contribution in [0.15, 0.2) is 18.3 Å². The average molecular weight is 277 g/mol. The Morgan fingerprint density at radius 1 is 1.37 bits per heavy atom. The molecule has 1 aromatic heterocycles. The summed E-state index contributed by atoms with van der Waals surface area (Å²) in [5.74, 6) is 1.01. The molecule has 1 aromatic rings. The van der Waals surface area contributed by atoms with Gasteiger partial charge in [-0.05, 0) is 30.4 Å². The molecule has 2 N–H and O–H groups in total. The van der Waals surface area contributed by atoms with Crippen molar-refractivity contribution >= 4 is 23.0 Å². The van der Waals surface area contributed by atoms with Gasteiger partial charge in [-0.2, -0.15) is 0 Å². The lowest BCUT2D eigenvalue weighted by Gasteiger charge is -2.41. The molecule has 0 unspecified atom stereocenters. The average Bonchev–Trinajstić information content (AvgIpc) is 2.47. The molecule has 1 aliphatic heterocycles. The Hall–Kier alpha value is -1.16. The van der Waals surface area contributed by atoms with Gasteiger partial charge in [0.2, 0.25) is 0 Å². The zero-order chi connectivity index (χ0) is 13.9. The number of nitrogens with two attached hydrogens (primary N) is 1. The largest absolute Gasteiger partial charge is 0.389 e. The van der Waals surface area contributed by atoms with Gasteiger partial charge in [0.1, 0.15) is 10.8 Å². The van der Waals surface area contributed by atoms with Crippen LogP contribution < -0.4 is 10.6 Å². The summed E-state index contributed by atoms with van der Waals surface area (Å²) in [5, 5.41) is 0. The maximum atomic E-state index is 5.68. The maximum absolute atomic E-state index is 5.68. The highest BCUT2D eigenvalue weighted by molar-refractivity contribution is 7.80. The fraction of sp³-hybridized carbons (Fsp3) is 0.600. The number of rotatable bonds is 4. The molecule has 0 aromatic carbocycles. The summed E-state index contributed by atoms with van der Waals surface area (Å²) in [6, 6.07) is 3.88. The summed E-state index contributed by atoms with van der Waals surface area (Å²) in [5.41, 5.74) is 7.13. The first-order valence-corrected chi connectivity index (χ1v) is 7.52. The van der Waals surface area contributed by atoms with Gasteiger partial charge in [-0.3, -0.25) is 0 Å². The van der Waals surface area contributed by atoms with Crippen molar-refractivity contribution in [2.24, 2.45) is 11.1 Å². The number of pyridine rings is 1. The lowest BCUT2D eigenvalue weighted by Crippen LogP contribution is -2.40. The number of nitrogens with zero attached hydrogens (tertiary/aromatic N) is 2. The van der Waals surface area contributed by atoms with Crippen molar-refractivity contribution in [2.75, 3.05) is 18.0 Å². The second-order valence-corrected chi connectivity index (χ2v) is 5.90. The molecule has 2 heterocycles. The molecule has 0 spiro atoms. The van der Waals surface area contributed by atoms with Crippen LogP contribution in [0.5, 0.6) is 0 Å². The summed E-state index contributed by atoms with van der Waals surface area (Å²) in [7, 11) is 0. The van der Waals surface area contributed by atoms with E-state index in [0.717, 1.165) is 24.5 Å². The van der Waals surface area contributed by atoms with E-state index in [1.165, 1.54) is 25.7 Å². The Labute approximate surface area is 121 Å². The first-order chi connectivity index (χ1) is 9.10. The number of hydrogen-bond donors (Lipinski definition) is 1. The second kappa shape index (κ2) is 5.87. The van der Waals surface area contributed by atoms with Crippen molar-refractivity contribution in [2.45, 2.75) is 39.5 Å². The van der Waals surface area contributed by atoms with Gasteiger partial charge in [-0.25, -0.2) is 4.98 Å². The maximum Gasteiger partial charge on any atom is 0.129 e. The third-order valence-electron chi connectivity index (χ3n) is 4.68. The fourth-order valence-corrected chi connectivity index (χ4v) is 3.04. The Morgan fingerprint density at radius 3 is 2.53 bits per heavy atom. The molecule has 0 amide bonds. The summed E-state index contributed by atoms with van der Waals surface area (Å²) >= 11 is 5.03. The predicted molar refractivity (Wildman–Crippen MR) is 84.6 cm³/mol. The molecule has 0 saturated carbocycles. The highest BCUT2D eigenvalue weighted by Crippen LogP contribution is 2.38. The van der Waals surface area contributed by atoms with E-state index in [-0.39, 0.29) is 0 Å². The van der Waals surface area contributed by atoms with E-state index < -0.39 is 0 Å². The monoisotopic (exact) mass is 277 g/mol. The molecule has 19 heavy (non-hydrogen) atoms. The van der Waals surface area contributed by atoms with E-state index in [1.54, 1.807) is 6.20 Å². The molecule has 0 radical (unpaired) electrons. The van der Waals surface area contributed by atoms with Gasteiger partial charge in [0.05, 0.1) is 0 Å². The molecular formula is C15H23N3S. The minimum absolute atomic E-state index is 0.442. The van der Waals surface area contributed by atoms with Crippen LogP contribution in [-0.4, -0.2) is 23.1 Å². The molecule has 1 saturated heterocycles. The summed E-state index contributed by atoms with van der Waals surface area (Å²) in [6.45, 7) is 6.78. The van der Waals surface area contributed by atoms with Gasteiger partial charge in [0.15, 0.2) is 0 Å². The van der Waals surface area contributed by atoms with Crippen LogP contribution >= 0.6 is 12.2 Å². The predicted octanol–water partition coefficient (Wildman–Crippen LogP) is 3.12. The third kappa shape index (κ3) is 3.06. The fourth-order valence-electron chi connectivity index (χ4n) is 2.91. The highest BCUT2D eigenvalue weighted by Gasteiger charge is 2.31. The van der Waals surface area contributed by atoms with Crippen molar-refractivity contribution in [1.82, 2.24) is 4.98 Å². The molecule has 1 aliphatic rings. The smallest absolute Gasteiger partial charge is 0.129 e. The topological polar surface area (TPSA) is 42.1 Å². The van der Waals surface area contributed by atoms with Gasteiger partial charge in [-0.1, -0.05) is 38.9 Å². The zero-order valence-electron chi connectivity index (χ0n) is 11.9. The Bertz CT molecular complexity index is 444. The summed E-state index contributed by atoms with van der Waals surface area (Å²) in [4.78, 5) is 7.25. The van der Waals surface area contributed by atoms with E-state index in [4.69, 9.17) is 18.0 Å². The van der Waals surface area contributed by atoms with Crippen molar-refractivity contribution < 1.29 is 0 Å². The Balaban J connectivity index is 2.09. The van der Waals surface area contributed by atoms with Crippen LogP contribution in [0.2, 0.25) is 0 Å². The van der Waals surface area contributed by atoms with Gasteiger partial charge < -0.3 is 10.6 Å². The molecule has 4 heteroatoms. The van der Waals surface area contributed by atoms with Gasteiger partial charge >= 0.3 is 0 Å². The van der Waals surface area contributed by atoms with Gasteiger partial charge in [0, 0.05) is 24.8 Å². The van der Waals surface area contributed by atoms with Crippen molar-refractivity contribution in [1.29, 1.82) is 0 Å². The van der Waals surface area contributed by atoms with Crippen LogP contribution in [-0.2, 0) is 0 Å². The number of aromatic nitrogens is 1. The molecular weight excluding hydrogens is 254 g/mol. The number of piperidine rings is 1. The number of anilines is 1. The molecule has 3 nitrogen and oxygen atoms in total. The first-order valence-electron chi connectivity index (χ1n) is 7.11. The molecule has 0 atom stereocenters. The lowest BCUT2D eigenvalue weighted by atomic mass is 9.74. The van der Waals surface area contributed by atoms with Crippen LogP contribution in [0.1, 0.15) is 45.1 Å². The molecule has 0 bridgehead atoms. The normalized spacial score (nSPS) is 18.3. The summed E-state index contributed by atoms with van der Waals surface area (Å²) < 4.78 is 0. The van der Waals surface area contributed by atoms with E-state index in [9.17, 15) is 0 Å². The molecule has 2 rings (SSSR count). The lowest BCUT2D eigenvalue weighted by molar-refractivity contribution is 0.199. The molecule has 104 valence electrons. The third-order valence-corrected chi connectivity index (χ3v) is 4.91. The van der Waals surface area contributed by atoms with Crippen molar-refractivity contribution in [3.05, 3.63) is 23.9 Å². The Kier molecular flexibility index (Phi) is 4.40. The second-order valence-electron chi connectivity index (χ2n) is 5.46. The first kappa shape index (κ1) is 14.3. The van der Waals surface area contributed by atoms with Crippen LogP contribution in [0.3, 0.4) is 0 Å². The number of thiocarbonyl (C=S) groups is 1. The van der Waals surface area contributed by atoms with E-state index in [1.807, 2.05) is 12.1 Å². The van der Waals surface area contributed by atoms with Crippen LogP contribution in [0.25, 0.3) is 0 Å². The highest BCUT2D eigenvalue weighted by atomic mass is 32.1. The van der Waals surface area contributed by atoms with Gasteiger partial charge in [0.25, 0.3) is 0 Å². The van der Waals surface area contributed by atoms with Crippen molar-refractivity contribution in [3.8, 4) is 0 Å². The van der Waals surface area contributed by atoms with E-state index in [2.05, 4.69) is 23.7 Å². The van der Waals surface area contributed by atoms with Crippen LogP contribution in [0, 0.1) is 5.41 Å². The van der Waals surface area contributed by atoms with Gasteiger partial charge in [-0.15, -0.1) is 0 Å². The van der Waals surface area contributed by atoms with Crippen molar-refractivity contribution in [3.63, 3.8) is 0 Å². The SMILES string of the molecule is CCC1(CC)CCN(c2cc(C(N)=S)ccn2)CC1. The standard InChI is InChI=1S/C15H23N3S/c1-3-15(4-2)6-9-18(10-7-15)13-11-12(14(16)19)5-8-17-13/h5,8,11H,3-4,6-7,9-10H2,1-2H3,(H2,16,19). The zero-order valence-corrected chi connectivity index (χ0v) is 12.7. The van der Waals surface area contributed by atoms with Crippen LogP contribution in [0.4, 0.5) is 5.82 Å². The Morgan fingerprint density at radius 2 is 2.00 bits per heavy atom. The quantitative estimate of drug-likeness (QED) is 0.859. The number of hydrogen-bond acceptors (Lipinski definition) is 3. The molecule has 1 fully saturated rings. The minimum Gasteiger partial charge on any atom is -0.389 e. The minimum atomic E-state index is 0.442. The van der Waals surface area contributed by atoms with E-state index in [0.29, 0.717) is 10.4 Å².